The Labute approximate surface area is 188 Å². The van der Waals surface area contributed by atoms with Crippen LogP contribution in [0.3, 0.4) is 0 Å². The van der Waals surface area contributed by atoms with E-state index in [-0.39, 0.29) is 10.1 Å². The van der Waals surface area contributed by atoms with Crippen molar-refractivity contribution in [3.05, 3.63) is 0 Å². The molecule has 0 spiro atoms. The maximum atomic E-state index is 12.7. The van der Waals surface area contributed by atoms with Crippen LogP contribution in [0.4, 0.5) is 4.79 Å². The van der Waals surface area contributed by atoms with Crippen molar-refractivity contribution in [2.45, 2.75) is 124 Å². The highest BCUT2D eigenvalue weighted by molar-refractivity contribution is 6.55. The molecule has 2 N–H and O–H groups in total. The zero-order chi connectivity index (χ0) is 24.3. The Kier molecular flexibility index (Phi) is 10.3. The molecule has 3 unspecified atom stereocenters. The van der Waals surface area contributed by atoms with Crippen molar-refractivity contribution in [2.24, 2.45) is 11.8 Å². The number of aliphatic hydroxyl groups is 1. The Morgan fingerprint density at radius 1 is 0.800 bits per heavy atom. The Morgan fingerprint density at radius 2 is 1.13 bits per heavy atom. The second kappa shape index (κ2) is 10.5. The first-order valence-corrected chi connectivity index (χ1v) is 15.6. The van der Waals surface area contributed by atoms with E-state index in [0.717, 1.165) is 0 Å². The fourth-order valence-electron chi connectivity index (χ4n) is 2.60. The van der Waals surface area contributed by atoms with Crippen molar-refractivity contribution in [3.63, 3.8) is 0 Å². The molecule has 0 aromatic heterocycles. The molecular formula is C22H49NO5Si2. The first-order chi connectivity index (χ1) is 13.2. The van der Waals surface area contributed by atoms with Gasteiger partial charge in [-0.1, -0.05) is 55.4 Å². The van der Waals surface area contributed by atoms with E-state index in [4.69, 9.17) is 13.6 Å². The lowest BCUT2D eigenvalue weighted by atomic mass is 9.99. The highest BCUT2D eigenvalue weighted by Crippen LogP contribution is 2.42. The molecule has 6 nitrogen and oxygen atoms in total. The summed E-state index contributed by atoms with van der Waals surface area (Å²) in [5.74, 6) is -0.860. The normalized spacial score (nSPS) is 18.7. The SMILES string of the molecule is CC(O)C(NC(=O)OC(C)(C)C)(O[SiH](C)C(C)(C)C(C)C)O[SiH](C)C(C)(C)C(C)C. The summed E-state index contributed by atoms with van der Waals surface area (Å²) in [4.78, 5) is 12.7. The average molecular weight is 464 g/mol. The second-order valence-electron chi connectivity index (χ2n) is 11.4. The van der Waals surface area contributed by atoms with Gasteiger partial charge in [0, 0.05) is 0 Å². The van der Waals surface area contributed by atoms with E-state index in [9.17, 15) is 9.90 Å². The quantitative estimate of drug-likeness (QED) is 0.346. The third-order valence-electron chi connectivity index (χ3n) is 7.00. The molecule has 0 bridgehead atoms. The van der Waals surface area contributed by atoms with Crippen LogP contribution in [0.1, 0.15) is 83.1 Å². The average Bonchev–Trinajstić information content (AvgIpc) is 2.51. The number of hydrogen-bond donors (Lipinski definition) is 2. The molecular weight excluding hydrogens is 414 g/mol. The molecule has 0 aliphatic rings. The van der Waals surface area contributed by atoms with E-state index in [0.29, 0.717) is 11.8 Å². The highest BCUT2D eigenvalue weighted by Gasteiger charge is 2.49. The Hall–Kier alpha value is -0.416. The molecule has 0 saturated carbocycles. The topological polar surface area (TPSA) is 77.0 Å². The van der Waals surface area contributed by atoms with Crippen LogP contribution in [0.2, 0.25) is 23.2 Å². The van der Waals surface area contributed by atoms with E-state index < -0.39 is 41.8 Å². The first-order valence-electron chi connectivity index (χ1n) is 11.2. The van der Waals surface area contributed by atoms with Gasteiger partial charge in [0.05, 0.1) is 0 Å². The monoisotopic (exact) mass is 463 g/mol. The van der Waals surface area contributed by atoms with Gasteiger partial charge in [0.1, 0.15) is 11.7 Å². The van der Waals surface area contributed by atoms with Crippen LogP contribution >= 0.6 is 0 Å². The van der Waals surface area contributed by atoms with Crippen LogP contribution in [0.25, 0.3) is 0 Å². The molecule has 0 heterocycles. The van der Waals surface area contributed by atoms with Crippen LogP contribution in [0.15, 0.2) is 0 Å². The lowest BCUT2D eigenvalue weighted by Gasteiger charge is -2.47. The number of carbonyl (C=O) groups excluding carboxylic acids is 1. The van der Waals surface area contributed by atoms with Gasteiger partial charge in [0.15, 0.2) is 18.1 Å². The molecule has 0 radical (unpaired) electrons. The van der Waals surface area contributed by atoms with Crippen molar-refractivity contribution in [2.75, 3.05) is 0 Å². The van der Waals surface area contributed by atoms with Crippen LogP contribution in [-0.4, -0.2) is 46.9 Å². The Morgan fingerprint density at radius 3 is 1.37 bits per heavy atom. The molecule has 0 aliphatic heterocycles. The van der Waals surface area contributed by atoms with Crippen molar-refractivity contribution < 1.29 is 23.5 Å². The summed E-state index contributed by atoms with van der Waals surface area (Å²) >= 11 is 0. The maximum absolute atomic E-state index is 12.7. The summed E-state index contributed by atoms with van der Waals surface area (Å²) in [6, 6.07) is 0. The zero-order valence-corrected chi connectivity index (χ0v) is 24.3. The molecule has 30 heavy (non-hydrogen) atoms. The van der Waals surface area contributed by atoms with Gasteiger partial charge < -0.3 is 18.7 Å². The minimum Gasteiger partial charge on any atom is -0.444 e. The number of nitrogens with one attached hydrogen (secondary N) is 1. The molecule has 3 atom stereocenters. The highest BCUT2D eigenvalue weighted by atomic mass is 28.3. The van der Waals surface area contributed by atoms with E-state index >= 15 is 0 Å². The van der Waals surface area contributed by atoms with Crippen molar-refractivity contribution in [3.8, 4) is 0 Å². The molecule has 180 valence electrons. The van der Waals surface area contributed by atoms with Gasteiger partial charge in [-0.15, -0.1) is 0 Å². The number of aliphatic hydroxyl groups excluding tert-OH is 1. The molecule has 0 aromatic rings. The minimum atomic E-state index is -1.93. The number of ether oxygens (including phenoxy) is 1. The molecule has 0 fully saturated rings. The number of amides is 1. The summed E-state index contributed by atoms with van der Waals surface area (Å²) in [6.45, 7) is 28.6. The molecule has 0 rings (SSSR count). The Balaban J connectivity index is 6.14. The second-order valence-corrected chi connectivity index (χ2v) is 17.5. The van der Waals surface area contributed by atoms with Gasteiger partial charge in [-0.25, -0.2) is 4.79 Å². The first kappa shape index (κ1) is 29.6. The number of carbonyl (C=O) groups is 1. The summed E-state index contributed by atoms with van der Waals surface area (Å²) < 4.78 is 18.6. The van der Waals surface area contributed by atoms with Gasteiger partial charge in [-0.05, 0) is 62.7 Å². The predicted molar refractivity (Wildman–Crippen MR) is 130 cm³/mol. The molecule has 0 saturated heterocycles. The van der Waals surface area contributed by atoms with Crippen LogP contribution < -0.4 is 5.32 Å². The third kappa shape index (κ3) is 7.93. The van der Waals surface area contributed by atoms with Crippen LogP contribution in [0, 0.1) is 11.8 Å². The van der Waals surface area contributed by atoms with E-state index in [1.54, 1.807) is 27.7 Å². The van der Waals surface area contributed by atoms with Gasteiger partial charge in [-0.2, -0.15) is 0 Å². The van der Waals surface area contributed by atoms with E-state index in [1.165, 1.54) is 0 Å². The van der Waals surface area contributed by atoms with Gasteiger partial charge in [0.2, 0.25) is 0 Å². The van der Waals surface area contributed by atoms with Gasteiger partial charge in [0.25, 0.3) is 5.91 Å². The summed E-state index contributed by atoms with van der Waals surface area (Å²) in [5.41, 5.74) is -0.672. The summed E-state index contributed by atoms with van der Waals surface area (Å²) in [5, 5.41) is 13.5. The van der Waals surface area contributed by atoms with Crippen molar-refractivity contribution >= 4 is 24.2 Å². The minimum absolute atomic E-state index is 0.0720. The molecule has 0 aliphatic carbocycles. The number of alkyl carbamates (subject to hydrolysis) is 1. The third-order valence-corrected chi connectivity index (χ3v) is 13.9. The molecule has 1 amide bonds. The summed E-state index contributed by atoms with van der Waals surface area (Å²) in [6.07, 6.45) is -1.73. The smallest absolute Gasteiger partial charge is 0.411 e. The zero-order valence-electron chi connectivity index (χ0n) is 22.0. The van der Waals surface area contributed by atoms with Gasteiger partial charge >= 0.3 is 6.09 Å². The predicted octanol–water partition coefficient (Wildman–Crippen LogP) is 5.16. The lowest BCUT2D eigenvalue weighted by Crippen LogP contribution is -2.65. The van der Waals surface area contributed by atoms with Gasteiger partial charge in [-0.3, -0.25) is 5.32 Å². The largest absolute Gasteiger partial charge is 0.444 e. The van der Waals surface area contributed by atoms with Crippen molar-refractivity contribution in [1.82, 2.24) is 5.32 Å². The molecule has 0 aromatic carbocycles. The maximum Gasteiger partial charge on any atom is 0.411 e. The van der Waals surface area contributed by atoms with E-state index in [2.05, 4.69) is 73.8 Å². The molecule has 8 heteroatoms. The Bertz CT molecular complexity index is 528. The standard InChI is InChI=1S/C22H49NO5Si2/c1-15(2)20(9,10)29(13)27-22(17(5)24,23-18(25)26-19(6,7)8)28-30(14)21(11,12)16(3)4/h15-17,24,29-30H,1-14H3,(H,23,25). The van der Waals surface area contributed by atoms with E-state index in [1.807, 2.05) is 0 Å². The summed E-state index contributed by atoms with van der Waals surface area (Å²) in [7, 11) is -3.87. The van der Waals surface area contributed by atoms with Crippen LogP contribution in [-0.2, 0) is 13.6 Å². The van der Waals surface area contributed by atoms with Crippen molar-refractivity contribution in [1.29, 1.82) is 0 Å². The van der Waals surface area contributed by atoms with Crippen LogP contribution in [0.5, 0.6) is 0 Å². The fourth-order valence-corrected chi connectivity index (χ4v) is 6.87. The number of rotatable bonds is 10. The lowest BCUT2D eigenvalue weighted by molar-refractivity contribution is -0.207. The fraction of sp³-hybridized carbons (Fsp3) is 0.955. The number of hydrogen-bond acceptors (Lipinski definition) is 5.